The van der Waals surface area contributed by atoms with Crippen molar-refractivity contribution in [2.24, 2.45) is 10.8 Å². The molecule has 0 aromatic heterocycles. The maximum Gasteiger partial charge on any atom is 0.270 e. The third-order valence-corrected chi connectivity index (χ3v) is 4.71. The summed E-state index contributed by atoms with van der Waals surface area (Å²) in [4.78, 5) is 26.2. The van der Waals surface area contributed by atoms with Crippen molar-refractivity contribution in [1.82, 2.24) is 4.90 Å². The summed E-state index contributed by atoms with van der Waals surface area (Å²) in [5, 5.41) is 5.92. The summed E-state index contributed by atoms with van der Waals surface area (Å²) in [7, 11) is 1.72. The van der Waals surface area contributed by atoms with E-state index in [1.54, 1.807) is 11.9 Å². The first-order chi connectivity index (χ1) is 12.5. The largest absolute Gasteiger partial charge is 0.368 e. The molecule has 6 nitrogen and oxygen atoms in total. The van der Waals surface area contributed by atoms with Crippen LogP contribution in [0.2, 0.25) is 0 Å². The van der Waals surface area contributed by atoms with Gasteiger partial charge in [-0.1, -0.05) is 46.3 Å². The molecule has 0 saturated heterocycles. The number of rotatable bonds is 5. The molecule has 26 heavy (non-hydrogen) atoms. The molecule has 1 atom stereocenters. The zero-order valence-corrected chi connectivity index (χ0v) is 15.9. The van der Waals surface area contributed by atoms with Gasteiger partial charge in [0.1, 0.15) is 11.8 Å². The SMILES string of the molecule is CN(Cc1ccc(Br)cc1)C(=O)C1=NN(c2ccccc2)C(C(N)=O)C1. The summed E-state index contributed by atoms with van der Waals surface area (Å²) in [5.74, 6) is -0.714. The molecule has 2 amide bonds. The number of halogens is 1. The second-order valence-corrected chi connectivity index (χ2v) is 7.05. The molecule has 1 heterocycles. The number of carbonyl (C=O) groups excluding carboxylic acids is 2. The highest BCUT2D eigenvalue weighted by Gasteiger charge is 2.35. The number of hydrogen-bond donors (Lipinski definition) is 1. The maximum absolute atomic E-state index is 12.8. The average Bonchev–Trinajstić information content (AvgIpc) is 3.09. The Labute approximate surface area is 160 Å². The van der Waals surface area contributed by atoms with Crippen molar-refractivity contribution >= 4 is 39.1 Å². The predicted molar refractivity (Wildman–Crippen MR) is 105 cm³/mol. The Morgan fingerprint density at radius 1 is 1.19 bits per heavy atom. The summed E-state index contributed by atoms with van der Waals surface area (Å²) in [6.45, 7) is 0.456. The Bertz CT molecular complexity index is 836. The minimum absolute atomic E-state index is 0.202. The maximum atomic E-state index is 12.8. The number of para-hydroxylation sites is 1. The number of hydrogen-bond acceptors (Lipinski definition) is 4. The van der Waals surface area contributed by atoms with Crippen molar-refractivity contribution in [3.05, 3.63) is 64.6 Å². The van der Waals surface area contributed by atoms with Crippen LogP contribution < -0.4 is 10.7 Å². The van der Waals surface area contributed by atoms with Gasteiger partial charge in [0.2, 0.25) is 5.91 Å². The van der Waals surface area contributed by atoms with Crippen molar-refractivity contribution in [3.8, 4) is 0 Å². The Morgan fingerprint density at radius 3 is 2.46 bits per heavy atom. The lowest BCUT2D eigenvalue weighted by molar-refractivity contribution is -0.123. The van der Waals surface area contributed by atoms with E-state index in [2.05, 4.69) is 21.0 Å². The van der Waals surface area contributed by atoms with Gasteiger partial charge in [-0.25, -0.2) is 0 Å². The van der Waals surface area contributed by atoms with Crippen molar-refractivity contribution < 1.29 is 9.59 Å². The van der Waals surface area contributed by atoms with E-state index in [0.29, 0.717) is 12.3 Å². The zero-order valence-electron chi connectivity index (χ0n) is 14.3. The quantitative estimate of drug-likeness (QED) is 0.815. The normalized spacial score (nSPS) is 16.3. The van der Waals surface area contributed by atoms with Gasteiger partial charge in [-0.2, -0.15) is 5.10 Å². The van der Waals surface area contributed by atoms with Gasteiger partial charge in [0, 0.05) is 24.5 Å². The van der Waals surface area contributed by atoms with Gasteiger partial charge in [0.25, 0.3) is 5.91 Å². The van der Waals surface area contributed by atoms with Gasteiger partial charge in [-0.05, 0) is 29.8 Å². The fourth-order valence-electron chi connectivity index (χ4n) is 2.84. The monoisotopic (exact) mass is 414 g/mol. The first-order valence-electron chi connectivity index (χ1n) is 8.16. The van der Waals surface area contributed by atoms with Gasteiger partial charge in [0.15, 0.2) is 0 Å². The Kier molecular flexibility index (Phi) is 5.37. The molecule has 134 valence electrons. The van der Waals surface area contributed by atoms with Crippen LogP contribution in [-0.4, -0.2) is 35.5 Å². The standard InChI is InChI=1S/C19H19BrN4O2/c1-23(12-13-7-9-14(20)10-8-13)19(26)16-11-17(18(21)25)24(22-16)15-5-3-2-4-6-15/h2-10,17H,11-12H2,1H3,(H2,21,25). The number of nitrogens with two attached hydrogens (primary N) is 1. The van der Waals surface area contributed by atoms with Crippen LogP contribution in [0.4, 0.5) is 5.69 Å². The zero-order chi connectivity index (χ0) is 18.7. The number of nitrogens with zero attached hydrogens (tertiary/aromatic N) is 3. The number of primary amides is 1. The lowest BCUT2D eigenvalue weighted by atomic mass is 10.1. The minimum Gasteiger partial charge on any atom is -0.368 e. The van der Waals surface area contributed by atoms with Crippen LogP contribution in [0.5, 0.6) is 0 Å². The molecule has 0 fully saturated rings. The van der Waals surface area contributed by atoms with Crippen LogP contribution >= 0.6 is 15.9 Å². The second kappa shape index (κ2) is 7.70. The fraction of sp³-hybridized carbons (Fsp3) is 0.211. The first kappa shape index (κ1) is 18.1. The minimum atomic E-state index is -0.655. The number of anilines is 1. The Hall–Kier alpha value is -2.67. The molecule has 2 aromatic carbocycles. The molecule has 0 spiro atoms. The van der Waals surface area contributed by atoms with Crippen LogP contribution in [0.25, 0.3) is 0 Å². The molecule has 1 aliphatic heterocycles. The molecule has 3 rings (SSSR count). The van der Waals surface area contributed by atoms with Gasteiger partial charge in [-0.3, -0.25) is 14.6 Å². The second-order valence-electron chi connectivity index (χ2n) is 6.14. The highest BCUT2D eigenvalue weighted by molar-refractivity contribution is 9.10. The number of amides is 2. The lowest BCUT2D eigenvalue weighted by Gasteiger charge is -2.20. The molecule has 0 bridgehead atoms. The van der Waals surface area contributed by atoms with E-state index in [0.717, 1.165) is 15.7 Å². The predicted octanol–water partition coefficient (Wildman–Crippen LogP) is 2.53. The molecule has 0 radical (unpaired) electrons. The average molecular weight is 415 g/mol. The number of carbonyl (C=O) groups is 2. The lowest BCUT2D eigenvalue weighted by Crippen LogP contribution is -2.40. The van der Waals surface area contributed by atoms with Gasteiger partial charge < -0.3 is 10.6 Å². The van der Waals surface area contributed by atoms with Crippen molar-refractivity contribution in [3.63, 3.8) is 0 Å². The summed E-state index contributed by atoms with van der Waals surface area (Å²) < 4.78 is 0.984. The molecule has 7 heteroatoms. The Balaban J connectivity index is 1.77. The van der Waals surface area contributed by atoms with E-state index in [-0.39, 0.29) is 12.3 Å². The van der Waals surface area contributed by atoms with E-state index in [1.165, 1.54) is 5.01 Å². The van der Waals surface area contributed by atoms with E-state index in [4.69, 9.17) is 5.73 Å². The molecule has 1 unspecified atom stereocenters. The van der Waals surface area contributed by atoms with Crippen LogP contribution in [-0.2, 0) is 16.1 Å². The summed E-state index contributed by atoms with van der Waals surface area (Å²) in [6.07, 6.45) is 0.202. The molecule has 2 aromatic rings. The molecular formula is C19H19BrN4O2. The summed E-state index contributed by atoms with van der Waals surface area (Å²) in [6, 6.07) is 16.3. The molecule has 2 N–H and O–H groups in total. The van der Waals surface area contributed by atoms with Crippen LogP contribution in [0.15, 0.2) is 64.2 Å². The third-order valence-electron chi connectivity index (χ3n) is 4.19. The van der Waals surface area contributed by atoms with Gasteiger partial charge in [-0.15, -0.1) is 0 Å². The van der Waals surface area contributed by atoms with E-state index < -0.39 is 11.9 Å². The van der Waals surface area contributed by atoms with Crippen LogP contribution in [0.1, 0.15) is 12.0 Å². The highest BCUT2D eigenvalue weighted by Crippen LogP contribution is 2.25. The third kappa shape index (κ3) is 3.94. The molecule has 0 aliphatic carbocycles. The van der Waals surface area contributed by atoms with Crippen LogP contribution in [0, 0.1) is 0 Å². The highest BCUT2D eigenvalue weighted by atomic mass is 79.9. The van der Waals surface area contributed by atoms with Crippen LogP contribution in [0.3, 0.4) is 0 Å². The van der Waals surface area contributed by atoms with Gasteiger partial charge in [0.05, 0.1) is 5.69 Å². The van der Waals surface area contributed by atoms with E-state index >= 15 is 0 Å². The number of hydrazone groups is 1. The summed E-state index contributed by atoms with van der Waals surface area (Å²) >= 11 is 3.39. The Morgan fingerprint density at radius 2 is 1.85 bits per heavy atom. The topological polar surface area (TPSA) is 79.0 Å². The summed E-state index contributed by atoms with van der Waals surface area (Å²) in [5.41, 5.74) is 7.59. The van der Waals surface area contributed by atoms with Crippen molar-refractivity contribution in [2.45, 2.75) is 19.0 Å². The first-order valence-corrected chi connectivity index (χ1v) is 8.96. The molecular weight excluding hydrogens is 396 g/mol. The number of benzene rings is 2. The van der Waals surface area contributed by atoms with E-state index in [9.17, 15) is 9.59 Å². The van der Waals surface area contributed by atoms with Crippen molar-refractivity contribution in [1.29, 1.82) is 0 Å². The van der Waals surface area contributed by atoms with E-state index in [1.807, 2.05) is 54.6 Å². The smallest absolute Gasteiger partial charge is 0.270 e. The molecule has 1 aliphatic rings. The molecule has 0 saturated carbocycles. The fourth-order valence-corrected chi connectivity index (χ4v) is 3.10. The van der Waals surface area contributed by atoms with Gasteiger partial charge >= 0.3 is 0 Å². The van der Waals surface area contributed by atoms with Crippen molar-refractivity contribution in [2.75, 3.05) is 12.1 Å².